The first-order valence-electron chi connectivity index (χ1n) is 10.8. The van der Waals surface area contributed by atoms with E-state index in [2.05, 4.69) is 14.9 Å². The highest BCUT2D eigenvalue weighted by Gasteiger charge is 2.24. The molecule has 160 valence electrons. The van der Waals surface area contributed by atoms with Crippen molar-refractivity contribution in [3.63, 3.8) is 0 Å². The Labute approximate surface area is 176 Å². The number of aromatic nitrogens is 2. The van der Waals surface area contributed by atoms with Crippen molar-refractivity contribution in [1.82, 2.24) is 14.9 Å². The van der Waals surface area contributed by atoms with Crippen LogP contribution in [-0.2, 0) is 6.54 Å². The van der Waals surface area contributed by atoms with Crippen molar-refractivity contribution in [2.24, 2.45) is 0 Å². The summed E-state index contributed by atoms with van der Waals surface area (Å²) in [7, 11) is 0. The van der Waals surface area contributed by atoms with Crippen LogP contribution in [0.4, 0.5) is 5.69 Å². The molecule has 1 aliphatic carbocycles. The minimum atomic E-state index is -0.370. The Balaban J connectivity index is 1.28. The van der Waals surface area contributed by atoms with Gasteiger partial charge >= 0.3 is 0 Å². The molecule has 1 aromatic carbocycles. The minimum absolute atomic E-state index is 0.0866. The Kier molecular flexibility index (Phi) is 6.74. The van der Waals surface area contributed by atoms with Gasteiger partial charge in [0.1, 0.15) is 12.2 Å². The monoisotopic (exact) mass is 412 g/mol. The third-order valence-electron chi connectivity index (χ3n) is 5.83. The van der Waals surface area contributed by atoms with Gasteiger partial charge in [-0.3, -0.25) is 15.0 Å². The van der Waals surface area contributed by atoms with Crippen LogP contribution in [0.1, 0.15) is 50.5 Å². The maximum absolute atomic E-state index is 10.8. The molecule has 1 saturated heterocycles. The molecular formula is C22H28N4O4. The van der Waals surface area contributed by atoms with Crippen molar-refractivity contribution >= 4 is 5.69 Å². The lowest BCUT2D eigenvalue weighted by Gasteiger charge is -2.32. The molecule has 0 amide bonds. The summed E-state index contributed by atoms with van der Waals surface area (Å²) >= 11 is 0. The summed E-state index contributed by atoms with van der Waals surface area (Å²) < 4.78 is 12.3. The Morgan fingerprint density at radius 3 is 2.03 bits per heavy atom. The summed E-state index contributed by atoms with van der Waals surface area (Å²) in [5, 5.41) is 10.8. The third kappa shape index (κ3) is 5.44. The predicted molar refractivity (Wildman–Crippen MR) is 112 cm³/mol. The number of piperidine rings is 1. The van der Waals surface area contributed by atoms with Crippen LogP contribution in [0, 0.1) is 10.1 Å². The van der Waals surface area contributed by atoms with Gasteiger partial charge in [0.05, 0.1) is 4.92 Å². The molecule has 0 unspecified atom stereocenters. The number of likely N-dealkylation sites (tertiary alicyclic amines) is 1. The van der Waals surface area contributed by atoms with Gasteiger partial charge in [0.2, 0.25) is 0 Å². The van der Waals surface area contributed by atoms with Crippen LogP contribution >= 0.6 is 0 Å². The number of nitrogens with zero attached hydrogens (tertiary/aromatic N) is 4. The molecule has 1 saturated carbocycles. The van der Waals surface area contributed by atoms with Crippen LogP contribution in [0.5, 0.6) is 11.8 Å². The lowest BCUT2D eigenvalue weighted by atomic mass is 9.98. The molecule has 0 bridgehead atoms. The van der Waals surface area contributed by atoms with E-state index in [9.17, 15) is 10.1 Å². The zero-order valence-corrected chi connectivity index (χ0v) is 17.1. The van der Waals surface area contributed by atoms with Crippen molar-refractivity contribution in [3.8, 4) is 11.8 Å². The summed E-state index contributed by atoms with van der Waals surface area (Å²) in [6.45, 7) is 2.59. The fourth-order valence-corrected chi connectivity index (χ4v) is 4.14. The van der Waals surface area contributed by atoms with Crippen LogP contribution < -0.4 is 9.47 Å². The average molecular weight is 412 g/mol. The standard InChI is InChI=1S/C22H28N4O4/c27-26(28)18-8-6-17(7-9-18)16-25-14-10-20(11-15-25)30-22-21(23-12-13-24-22)29-19-4-2-1-3-5-19/h6-9,12-13,19-20H,1-5,10-11,14-16H2. The number of hydrogen-bond acceptors (Lipinski definition) is 7. The lowest BCUT2D eigenvalue weighted by Crippen LogP contribution is -2.38. The highest BCUT2D eigenvalue weighted by Crippen LogP contribution is 2.29. The molecular weight excluding hydrogens is 384 g/mol. The van der Waals surface area contributed by atoms with Crippen molar-refractivity contribution in [3.05, 3.63) is 52.3 Å². The zero-order valence-electron chi connectivity index (χ0n) is 17.1. The second kappa shape index (κ2) is 9.84. The Bertz CT molecular complexity index is 831. The number of benzene rings is 1. The summed E-state index contributed by atoms with van der Waals surface area (Å²) in [6.07, 6.45) is 11.2. The Hall–Kier alpha value is -2.74. The molecule has 0 atom stereocenters. The van der Waals surface area contributed by atoms with Crippen LogP contribution in [-0.4, -0.2) is 45.1 Å². The Morgan fingerprint density at radius 2 is 1.47 bits per heavy atom. The number of ether oxygens (including phenoxy) is 2. The van der Waals surface area contributed by atoms with Crippen LogP contribution in [0.3, 0.4) is 0 Å². The first kappa shape index (κ1) is 20.5. The maximum atomic E-state index is 10.8. The van der Waals surface area contributed by atoms with Gasteiger partial charge in [-0.05, 0) is 44.1 Å². The van der Waals surface area contributed by atoms with E-state index in [0.717, 1.165) is 50.9 Å². The maximum Gasteiger partial charge on any atom is 0.278 e. The van der Waals surface area contributed by atoms with Crippen LogP contribution in [0.2, 0.25) is 0 Å². The van der Waals surface area contributed by atoms with Crippen molar-refractivity contribution in [1.29, 1.82) is 0 Å². The average Bonchev–Trinajstić information content (AvgIpc) is 2.77. The fraction of sp³-hybridized carbons (Fsp3) is 0.545. The van der Waals surface area contributed by atoms with Gasteiger partial charge in [-0.15, -0.1) is 0 Å². The van der Waals surface area contributed by atoms with E-state index in [0.29, 0.717) is 11.8 Å². The SMILES string of the molecule is O=[N+]([O-])c1ccc(CN2CCC(Oc3nccnc3OC3CCCCC3)CC2)cc1. The van der Waals surface area contributed by atoms with Gasteiger partial charge in [-0.25, -0.2) is 9.97 Å². The second-order valence-electron chi connectivity index (χ2n) is 8.06. The van der Waals surface area contributed by atoms with Crippen LogP contribution in [0.25, 0.3) is 0 Å². The first-order chi connectivity index (χ1) is 14.7. The molecule has 8 heteroatoms. The quantitative estimate of drug-likeness (QED) is 0.498. The van der Waals surface area contributed by atoms with Crippen molar-refractivity contribution in [2.45, 2.75) is 63.7 Å². The number of nitro groups is 1. The van der Waals surface area contributed by atoms with Crippen molar-refractivity contribution in [2.75, 3.05) is 13.1 Å². The van der Waals surface area contributed by atoms with E-state index >= 15 is 0 Å². The minimum Gasteiger partial charge on any atom is -0.471 e. The molecule has 1 aliphatic heterocycles. The van der Waals surface area contributed by atoms with Crippen molar-refractivity contribution < 1.29 is 14.4 Å². The normalized spacial score (nSPS) is 18.8. The molecule has 4 rings (SSSR count). The van der Waals surface area contributed by atoms with Crippen LogP contribution in [0.15, 0.2) is 36.7 Å². The molecule has 2 aliphatic rings. The summed E-state index contributed by atoms with van der Waals surface area (Å²) in [5.74, 6) is 1.01. The highest BCUT2D eigenvalue weighted by atomic mass is 16.6. The van der Waals surface area contributed by atoms with Gasteiger partial charge in [0.25, 0.3) is 17.4 Å². The number of rotatable bonds is 7. The fourth-order valence-electron chi connectivity index (χ4n) is 4.14. The van der Waals surface area contributed by atoms with Gasteiger partial charge in [0.15, 0.2) is 0 Å². The van der Waals surface area contributed by atoms with E-state index in [1.54, 1.807) is 24.5 Å². The Morgan fingerprint density at radius 1 is 0.900 bits per heavy atom. The molecule has 0 spiro atoms. The molecule has 2 aromatic rings. The first-order valence-corrected chi connectivity index (χ1v) is 10.8. The smallest absolute Gasteiger partial charge is 0.278 e. The number of hydrogen-bond donors (Lipinski definition) is 0. The predicted octanol–water partition coefficient (Wildman–Crippen LogP) is 4.14. The molecule has 0 radical (unpaired) electrons. The van der Waals surface area contributed by atoms with E-state index in [4.69, 9.17) is 9.47 Å². The summed E-state index contributed by atoms with van der Waals surface area (Å²) in [5.41, 5.74) is 1.21. The highest BCUT2D eigenvalue weighted by molar-refractivity contribution is 5.32. The molecule has 0 N–H and O–H groups in total. The molecule has 8 nitrogen and oxygen atoms in total. The van der Waals surface area contributed by atoms with E-state index in [1.165, 1.54) is 19.3 Å². The molecule has 2 heterocycles. The second-order valence-corrected chi connectivity index (χ2v) is 8.06. The van der Waals surface area contributed by atoms with E-state index < -0.39 is 0 Å². The van der Waals surface area contributed by atoms with Gasteiger partial charge in [0, 0.05) is 44.2 Å². The zero-order chi connectivity index (χ0) is 20.8. The van der Waals surface area contributed by atoms with Gasteiger partial charge in [-0.2, -0.15) is 0 Å². The number of nitro benzene ring substituents is 1. The van der Waals surface area contributed by atoms with E-state index in [-0.39, 0.29) is 22.8 Å². The molecule has 30 heavy (non-hydrogen) atoms. The molecule has 1 aromatic heterocycles. The summed E-state index contributed by atoms with van der Waals surface area (Å²) in [6, 6.07) is 6.78. The largest absolute Gasteiger partial charge is 0.471 e. The molecule has 2 fully saturated rings. The van der Waals surface area contributed by atoms with Gasteiger partial charge < -0.3 is 9.47 Å². The summed E-state index contributed by atoms with van der Waals surface area (Å²) in [4.78, 5) is 21.5. The topological polar surface area (TPSA) is 90.6 Å². The lowest BCUT2D eigenvalue weighted by molar-refractivity contribution is -0.384. The van der Waals surface area contributed by atoms with E-state index in [1.807, 2.05) is 12.1 Å². The number of non-ortho nitro benzene ring substituents is 1. The third-order valence-corrected chi connectivity index (χ3v) is 5.83. The van der Waals surface area contributed by atoms with Gasteiger partial charge in [-0.1, -0.05) is 18.6 Å².